The van der Waals surface area contributed by atoms with Gasteiger partial charge >= 0.3 is 0 Å². The van der Waals surface area contributed by atoms with Gasteiger partial charge < -0.3 is 15.4 Å². The van der Waals surface area contributed by atoms with Crippen LogP contribution < -0.4 is 15.4 Å². The number of ether oxygens (including phenoxy) is 1. The average Bonchev–Trinajstić information content (AvgIpc) is 2.91. The van der Waals surface area contributed by atoms with Crippen LogP contribution in [0.4, 0.5) is 4.39 Å². The van der Waals surface area contributed by atoms with Crippen LogP contribution in [0.5, 0.6) is 5.75 Å². The molecule has 1 atom stereocenters. The molecule has 1 fully saturated rings. The van der Waals surface area contributed by atoms with Gasteiger partial charge in [0.2, 0.25) is 10.0 Å². The van der Waals surface area contributed by atoms with Gasteiger partial charge in [0.05, 0.1) is 12.3 Å². The maximum Gasteiger partial charge on any atom is 0.214 e. The van der Waals surface area contributed by atoms with E-state index in [-0.39, 0.29) is 41.6 Å². The number of benzene rings is 1. The third-order valence-electron chi connectivity index (χ3n) is 3.80. The number of nitrogens with one attached hydrogen (secondary N) is 2. The Bertz CT molecular complexity index is 702. The van der Waals surface area contributed by atoms with Gasteiger partial charge in [-0.15, -0.1) is 24.0 Å². The highest BCUT2D eigenvalue weighted by Gasteiger charge is 2.27. The lowest BCUT2D eigenvalue weighted by molar-refractivity contribution is 0.214. The van der Waals surface area contributed by atoms with Crippen molar-refractivity contribution in [2.45, 2.75) is 19.4 Å². The van der Waals surface area contributed by atoms with Gasteiger partial charge in [0.1, 0.15) is 6.10 Å². The molecule has 1 aromatic carbocycles. The zero-order chi connectivity index (χ0) is 18.3. The molecule has 1 unspecified atom stereocenters. The topological polar surface area (TPSA) is 83.0 Å². The third kappa shape index (κ3) is 6.88. The fraction of sp³-hybridized carbons (Fsp3) is 0.562. The first-order valence-electron chi connectivity index (χ1n) is 8.26. The Morgan fingerprint density at radius 1 is 1.38 bits per heavy atom. The SMILES string of the molecule is CN=C(NCCN1CCCS1(=O)=O)NCC(C)Oc1ccccc1F.I. The summed E-state index contributed by atoms with van der Waals surface area (Å²) in [7, 11) is -1.45. The van der Waals surface area contributed by atoms with Gasteiger partial charge in [-0.2, -0.15) is 0 Å². The molecule has 7 nitrogen and oxygen atoms in total. The first-order chi connectivity index (χ1) is 11.9. The van der Waals surface area contributed by atoms with Crippen molar-refractivity contribution in [3.8, 4) is 5.75 Å². The molecule has 1 saturated heterocycles. The van der Waals surface area contributed by atoms with Crippen molar-refractivity contribution in [2.75, 3.05) is 39.0 Å². The number of aliphatic imine (C=N–C) groups is 1. The Kier molecular flexibility index (Phi) is 9.58. The molecule has 1 aliphatic heterocycles. The van der Waals surface area contributed by atoms with Gasteiger partial charge in [-0.1, -0.05) is 12.1 Å². The number of para-hydroxylation sites is 1. The van der Waals surface area contributed by atoms with Crippen LogP contribution in [-0.4, -0.2) is 63.8 Å². The number of hydrogen-bond acceptors (Lipinski definition) is 4. The van der Waals surface area contributed by atoms with E-state index in [0.29, 0.717) is 38.6 Å². The molecule has 1 aliphatic rings. The summed E-state index contributed by atoms with van der Waals surface area (Å²) in [6, 6.07) is 6.25. The van der Waals surface area contributed by atoms with Crippen LogP contribution >= 0.6 is 24.0 Å². The Hall–Kier alpha value is -1.14. The molecular formula is C16H26FIN4O3S. The van der Waals surface area contributed by atoms with E-state index in [1.165, 1.54) is 10.4 Å². The molecule has 0 bridgehead atoms. The summed E-state index contributed by atoms with van der Waals surface area (Å²) in [6.07, 6.45) is 0.412. The highest BCUT2D eigenvalue weighted by molar-refractivity contribution is 14.0. The maximum atomic E-state index is 13.6. The van der Waals surface area contributed by atoms with Crippen molar-refractivity contribution in [1.82, 2.24) is 14.9 Å². The highest BCUT2D eigenvalue weighted by atomic mass is 127. The Morgan fingerprint density at radius 3 is 2.73 bits per heavy atom. The minimum Gasteiger partial charge on any atom is -0.486 e. The molecule has 1 heterocycles. The molecule has 0 aromatic heterocycles. The zero-order valence-electron chi connectivity index (χ0n) is 14.9. The van der Waals surface area contributed by atoms with E-state index < -0.39 is 15.8 Å². The van der Waals surface area contributed by atoms with Crippen LogP contribution in [0.1, 0.15) is 13.3 Å². The fourth-order valence-corrected chi connectivity index (χ4v) is 4.03. The number of halogens is 2. The number of sulfonamides is 1. The number of guanidine groups is 1. The maximum absolute atomic E-state index is 13.6. The monoisotopic (exact) mass is 500 g/mol. The van der Waals surface area contributed by atoms with Crippen molar-refractivity contribution >= 4 is 40.0 Å². The van der Waals surface area contributed by atoms with E-state index in [4.69, 9.17) is 4.74 Å². The van der Waals surface area contributed by atoms with Crippen LogP contribution in [0.3, 0.4) is 0 Å². The fourth-order valence-electron chi connectivity index (χ4n) is 2.50. The van der Waals surface area contributed by atoms with Crippen LogP contribution in [0.2, 0.25) is 0 Å². The second kappa shape index (κ2) is 10.9. The van der Waals surface area contributed by atoms with E-state index >= 15 is 0 Å². The van der Waals surface area contributed by atoms with Crippen LogP contribution in [0.25, 0.3) is 0 Å². The summed E-state index contributed by atoms with van der Waals surface area (Å²) in [5.41, 5.74) is 0. The minimum absolute atomic E-state index is 0. The average molecular weight is 500 g/mol. The number of rotatable bonds is 7. The molecule has 10 heteroatoms. The number of nitrogens with zero attached hydrogens (tertiary/aromatic N) is 2. The van der Waals surface area contributed by atoms with Gasteiger partial charge in [-0.05, 0) is 25.5 Å². The van der Waals surface area contributed by atoms with E-state index in [1.807, 2.05) is 6.92 Å². The largest absolute Gasteiger partial charge is 0.486 e. The molecule has 0 amide bonds. The lowest BCUT2D eigenvalue weighted by Crippen LogP contribution is -2.44. The molecule has 0 saturated carbocycles. The molecule has 0 radical (unpaired) electrons. The molecule has 2 N–H and O–H groups in total. The van der Waals surface area contributed by atoms with Crippen LogP contribution in [-0.2, 0) is 10.0 Å². The second-order valence-electron chi connectivity index (χ2n) is 5.81. The van der Waals surface area contributed by atoms with Gasteiger partial charge in [-0.3, -0.25) is 4.99 Å². The molecule has 0 spiro atoms. The second-order valence-corrected chi connectivity index (χ2v) is 7.90. The predicted octanol–water partition coefficient (Wildman–Crippen LogP) is 1.41. The smallest absolute Gasteiger partial charge is 0.214 e. The first-order valence-corrected chi connectivity index (χ1v) is 9.87. The predicted molar refractivity (Wildman–Crippen MR) is 111 cm³/mol. The Balaban J connectivity index is 0.00000338. The van der Waals surface area contributed by atoms with E-state index in [1.54, 1.807) is 25.2 Å². The molecule has 1 aromatic rings. The molecular weight excluding hydrogens is 474 g/mol. The van der Waals surface area contributed by atoms with E-state index in [9.17, 15) is 12.8 Å². The van der Waals surface area contributed by atoms with Gasteiger partial charge in [0.25, 0.3) is 0 Å². The van der Waals surface area contributed by atoms with E-state index in [0.717, 1.165) is 0 Å². The minimum atomic E-state index is -3.08. The highest BCUT2D eigenvalue weighted by Crippen LogP contribution is 2.16. The summed E-state index contributed by atoms with van der Waals surface area (Å²) < 4.78 is 44.0. The normalized spacial score (nSPS) is 18.0. The molecule has 26 heavy (non-hydrogen) atoms. The van der Waals surface area contributed by atoms with E-state index in [2.05, 4.69) is 15.6 Å². The zero-order valence-corrected chi connectivity index (χ0v) is 18.1. The Labute approximate surface area is 171 Å². The van der Waals surface area contributed by atoms with Crippen LogP contribution in [0, 0.1) is 5.82 Å². The first kappa shape index (κ1) is 22.9. The third-order valence-corrected chi connectivity index (χ3v) is 5.76. The van der Waals surface area contributed by atoms with Gasteiger partial charge in [-0.25, -0.2) is 17.1 Å². The Morgan fingerprint density at radius 2 is 2.12 bits per heavy atom. The van der Waals surface area contributed by atoms with Crippen molar-refractivity contribution in [3.05, 3.63) is 30.1 Å². The standard InChI is InChI=1S/C16H25FN4O3S.HI/c1-13(24-15-7-4-3-6-14(15)17)12-20-16(18-2)19-8-10-21-9-5-11-25(21,22)23;/h3-4,6-7,13H,5,8-12H2,1-2H3,(H2,18,19,20);1H. The van der Waals surface area contributed by atoms with Crippen molar-refractivity contribution < 1.29 is 17.5 Å². The lowest BCUT2D eigenvalue weighted by Gasteiger charge is -2.19. The summed E-state index contributed by atoms with van der Waals surface area (Å²) in [6.45, 7) is 3.69. The quantitative estimate of drug-likeness (QED) is 0.336. The lowest BCUT2D eigenvalue weighted by atomic mass is 10.3. The molecule has 148 valence electrons. The van der Waals surface area contributed by atoms with Gasteiger partial charge in [0.15, 0.2) is 17.5 Å². The molecule has 0 aliphatic carbocycles. The van der Waals surface area contributed by atoms with Crippen LogP contribution in [0.15, 0.2) is 29.3 Å². The van der Waals surface area contributed by atoms with Crippen molar-refractivity contribution in [2.24, 2.45) is 4.99 Å². The van der Waals surface area contributed by atoms with Gasteiger partial charge in [0, 0.05) is 26.7 Å². The van der Waals surface area contributed by atoms with Crippen molar-refractivity contribution in [3.63, 3.8) is 0 Å². The van der Waals surface area contributed by atoms with Crippen molar-refractivity contribution in [1.29, 1.82) is 0 Å². The number of hydrogen-bond donors (Lipinski definition) is 2. The summed E-state index contributed by atoms with van der Waals surface area (Å²) >= 11 is 0. The summed E-state index contributed by atoms with van der Waals surface area (Å²) in [5.74, 6) is 0.577. The summed E-state index contributed by atoms with van der Waals surface area (Å²) in [4.78, 5) is 4.08. The summed E-state index contributed by atoms with van der Waals surface area (Å²) in [5, 5.41) is 6.15. The molecule has 2 rings (SSSR count).